The topological polar surface area (TPSA) is 73.2 Å². The highest BCUT2D eigenvalue weighted by Gasteiger charge is 2.25. The minimum absolute atomic E-state index is 0.159. The molecule has 1 aromatic carbocycles. The van der Waals surface area contributed by atoms with Gasteiger partial charge in [-0.1, -0.05) is 6.07 Å². The molecule has 1 unspecified atom stereocenters. The highest BCUT2D eigenvalue weighted by Crippen LogP contribution is 2.36. The normalized spacial score (nSPS) is 19.6. The standard InChI is InChI=1S/C14H17N5O2/c1-15-13-17-14-16-5-4-10(19(14)18-13)9-2-3-11-12(8-9)21-7-6-20-11/h2-3,8,10H,4-7H2,1H3,(H2,15,16,17,18). The number of hydrogen-bond donors (Lipinski definition) is 2. The Balaban J connectivity index is 1.72. The van der Waals surface area contributed by atoms with Crippen LogP contribution in [0.2, 0.25) is 0 Å². The molecule has 0 saturated carbocycles. The first-order chi connectivity index (χ1) is 10.3. The first kappa shape index (κ1) is 12.3. The summed E-state index contributed by atoms with van der Waals surface area (Å²) in [6, 6.07) is 6.26. The molecule has 0 fully saturated rings. The Kier molecular flexibility index (Phi) is 2.83. The van der Waals surface area contributed by atoms with Crippen molar-refractivity contribution in [3.05, 3.63) is 23.8 Å². The van der Waals surface area contributed by atoms with Crippen LogP contribution in [-0.2, 0) is 0 Å². The Morgan fingerprint density at radius 2 is 2.14 bits per heavy atom. The lowest BCUT2D eigenvalue weighted by Crippen LogP contribution is -2.25. The molecule has 0 radical (unpaired) electrons. The number of hydrogen-bond acceptors (Lipinski definition) is 6. The first-order valence-corrected chi connectivity index (χ1v) is 7.13. The van der Waals surface area contributed by atoms with Crippen molar-refractivity contribution in [3.8, 4) is 11.5 Å². The number of aromatic nitrogens is 3. The Morgan fingerprint density at radius 3 is 3.00 bits per heavy atom. The molecule has 0 amide bonds. The van der Waals surface area contributed by atoms with E-state index in [0.29, 0.717) is 19.2 Å². The maximum atomic E-state index is 5.67. The van der Waals surface area contributed by atoms with Gasteiger partial charge in [-0.25, -0.2) is 4.68 Å². The number of benzene rings is 1. The summed E-state index contributed by atoms with van der Waals surface area (Å²) in [4.78, 5) is 4.41. The van der Waals surface area contributed by atoms with Gasteiger partial charge < -0.3 is 20.1 Å². The van der Waals surface area contributed by atoms with Gasteiger partial charge in [-0.05, 0) is 24.1 Å². The number of fused-ring (bicyclic) bond motifs is 2. The molecule has 2 aliphatic rings. The van der Waals surface area contributed by atoms with E-state index in [2.05, 4.69) is 32.8 Å². The predicted octanol–water partition coefficient (Wildman–Crippen LogP) is 1.50. The van der Waals surface area contributed by atoms with E-state index < -0.39 is 0 Å². The summed E-state index contributed by atoms with van der Waals surface area (Å²) in [6.07, 6.45) is 0.957. The minimum Gasteiger partial charge on any atom is -0.486 e. The Morgan fingerprint density at radius 1 is 1.29 bits per heavy atom. The molecule has 0 aliphatic carbocycles. The van der Waals surface area contributed by atoms with Crippen molar-refractivity contribution in [1.82, 2.24) is 14.8 Å². The molecule has 2 aromatic rings. The zero-order valence-electron chi connectivity index (χ0n) is 11.8. The summed E-state index contributed by atoms with van der Waals surface area (Å²) < 4.78 is 13.2. The van der Waals surface area contributed by atoms with E-state index in [-0.39, 0.29) is 6.04 Å². The van der Waals surface area contributed by atoms with Crippen molar-refractivity contribution in [2.75, 3.05) is 37.4 Å². The summed E-state index contributed by atoms with van der Waals surface area (Å²) in [5.74, 6) is 3.05. The third-order valence-corrected chi connectivity index (χ3v) is 3.80. The summed E-state index contributed by atoms with van der Waals surface area (Å²) >= 11 is 0. The molecule has 2 N–H and O–H groups in total. The maximum absolute atomic E-state index is 5.67. The van der Waals surface area contributed by atoms with Crippen molar-refractivity contribution < 1.29 is 9.47 Å². The van der Waals surface area contributed by atoms with Gasteiger partial charge in [-0.3, -0.25) is 0 Å². The molecular weight excluding hydrogens is 270 g/mol. The van der Waals surface area contributed by atoms with Gasteiger partial charge in [0.1, 0.15) is 13.2 Å². The Bertz CT molecular complexity index is 669. The average molecular weight is 287 g/mol. The highest BCUT2D eigenvalue weighted by molar-refractivity contribution is 5.46. The third kappa shape index (κ3) is 2.05. The van der Waals surface area contributed by atoms with Crippen molar-refractivity contribution in [2.24, 2.45) is 0 Å². The number of rotatable bonds is 2. The van der Waals surface area contributed by atoms with E-state index in [1.165, 1.54) is 0 Å². The predicted molar refractivity (Wildman–Crippen MR) is 78.2 cm³/mol. The molecule has 3 heterocycles. The zero-order chi connectivity index (χ0) is 14.2. The van der Waals surface area contributed by atoms with E-state index in [1.807, 2.05) is 17.8 Å². The Hall–Kier alpha value is -2.44. The fourth-order valence-electron chi connectivity index (χ4n) is 2.79. The molecule has 0 bridgehead atoms. The van der Waals surface area contributed by atoms with Crippen LogP contribution in [0.5, 0.6) is 11.5 Å². The minimum atomic E-state index is 0.159. The number of anilines is 2. The quantitative estimate of drug-likeness (QED) is 0.872. The summed E-state index contributed by atoms with van der Waals surface area (Å²) in [7, 11) is 1.82. The number of ether oxygens (including phenoxy) is 2. The second-order valence-electron chi connectivity index (χ2n) is 5.09. The maximum Gasteiger partial charge on any atom is 0.243 e. The van der Waals surface area contributed by atoms with E-state index in [4.69, 9.17) is 9.47 Å². The van der Waals surface area contributed by atoms with Crippen LogP contribution in [0.3, 0.4) is 0 Å². The van der Waals surface area contributed by atoms with Gasteiger partial charge in [0.25, 0.3) is 0 Å². The van der Waals surface area contributed by atoms with Crippen LogP contribution >= 0.6 is 0 Å². The van der Waals surface area contributed by atoms with Gasteiger partial charge in [-0.15, -0.1) is 5.10 Å². The zero-order valence-corrected chi connectivity index (χ0v) is 11.8. The number of nitrogens with one attached hydrogen (secondary N) is 2. The molecule has 110 valence electrons. The lowest BCUT2D eigenvalue weighted by Gasteiger charge is -2.26. The summed E-state index contributed by atoms with van der Waals surface area (Å²) in [5, 5.41) is 10.8. The first-order valence-electron chi connectivity index (χ1n) is 7.13. The lowest BCUT2D eigenvalue weighted by molar-refractivity contribution is 0.171. The third-order valence-electron chi connectivity index (χ3n) is 3.80. The molecule has 7 heteroatoms. The van der Waals surface area contributed by atoms with Gasteiger partial charge >= 0.3 is 0 Å². The van der Waals surface area contributed by atoms with Crippen LogP contribution in [0.1, 0.15) is 18.0 Å². The molecule has 0 spiro atoms. The van der Waals surface area contributed by atoms with E-state index in [1.54, 1.807) is 0 Å². The van der Waals surface area contributed by atoms with Crippen LogP contribution in [0.4, 0.5) is 11.9 Å². The molecule has 21 heavy (non-hydrogen) atoms. The molecular formula is C14H17N5O2. The smallest absolute Gasteiger partial charge is 0.243 e. The molecule has 2 aliphatic heterocycles. The van der Waals surface area contributed by atoms with Gasteiger partial charge in [0, 0.05) is 13.6 Å². The molecule has 0 saturated heterocycles. The van der Waals surface area contributed by atoms with Crippen molar-refractivity contribution in [1.29, 1.82) is 0 Å². The second-order valence-corrected chi connectivity index (χ2v) is 5.09. The van der Waals surface area contributed by atoms with Crippen molar-refractivity contribution in [3.63, 3.8) is 0 Å². The van der Waals surface area contributed by atoms with Gasteiger partial charge in [-0.2, -0.15) is 4.98 Å². The van der Waals surface area contributed by atoms with Crippen LogP contribution in [0.15, 0.2) is 18.2 Å². The van der Waals surface area contributed by atoms with E-state index in [0.717, 1.165) is 36.0 Å². The van der Waals surface area contributed by atoms with Gasteiger partial charge in [0.15, 0.2) is 11.5 Å². The van der Waals surface area contributed by atoms with E-state index >= 15 is 0 Å². The molecule has 1 aromatic heterocycles. The largest absolute Gasteiger partial charge is 0.486 e. The fourth-order valence-corrected chi connectivity index (χ4v) is 2.79. The molecule has 1 atom stereocenters. The second kappa shape index (κ2) is 4.83. The highest BCUT2D eigenvalue weighted by atomic mass is 16.6. The van der Waals surface area contributed by atoms with Crippen molar-refractivity contribution >= 4 is 11.9 Å². The SMILES string of the molecule is CNc1nc2n(n1)C(c1ccc3c(c1)OCCO3)CCN2. The summed E-state index contributed by atoms with van der Waals surface area (Å²) in [5.41, 5.74) is 1.16. The van der Waals surface area contributed by atoms with E-state index in [9.17, 15) is 0 Å². The lowest BCUT2D eigenvalue weighted by atomic mass is 10.0. The van der Waals surface area contributed by atoms with Crippen LogP contribution in [0, 0.1) is 0 Å². The van der Waals surface area contributed by atoms with Crippen molar-refractivity contribution in [2.45, 2.75) is 12.5 Å². The Labute approximate surface area is 122 Å². The van der Waals surface area contributed by atoms with Crippen LogP contribution in [0.25, 0.3) is 0 Å². The average Bonchev–Trinajstić information content (AvgIpc) is 2.97. The van der Waals surface area contributed by atoms with Crippen LogP contribution in [-0.4, -0.2) is 41.6 Å². The monoisotopic (exact) mass is 287 g/mol. The van der Waals surface area contributed by atoms with Crippen LogP contribution < -0.4 is 20.1 Å². The fraction of sp³-hybridized carbons (Fsp3) is 0.429. The van der Waals surface area contributed by atoms with Gasteiger partial charge in [0.2, 0.25) is 11.9 Å². The number of nitrogens with zero attached hydrogens (tertiary/aromatic N) is 3. The van der Waals surface area contributed by atoms with Gasteiger partial charge in [0.05, 0.1) is 6.04 Å². The molecule has 7 nitrogen and oxygen atoms in total. The molecule has 4 rings (SSSR count). The summed E-state index contributed by atoms with van der Waals surface area (Å²) in [6.45, 7) is 2.08.